The number of hydrazone groups is 1. The number of nitrogens with one attached hydrogen (secondary N) is 1. The fourth-order valence-corrected chi connectivity index (χ4v) is 2.73. The van der Waals surface area contributed by atoms with E-state index in [4.69, 9.17) is 26.2 Å². The Labute approximate surface area is 154 Å². The zero-order valence-electron chi connectivity index (χ0n) is 13.9. The lowest BCUT2D eigenvalue weighted by molar-refractivity contribution is -0.144. The van der Waals surface area contributed by atoms with Crippen molar-refractivity contribution in [3.8, 4) is 11.5 Å². The summed E-state index contributed by atoms with van der Waals surface area (Å²) in [6.45, 7) is 5.51. The molecule has 25 heavy (non-hydrogen) atoms. The Balaban J connectivity index is 2.20. The van der Waals surface area contributed by atoms with Crippen molar-refractivity contribution in [2.45, 2.75) is 26.9 Å². The van der Waals surface area contributed by atoms with E-state index in [0.717, 1.165) is 5.69 Å². The fraction of sp³-hybridized carbons (Fsp3) is 0.312. The summed E-state index contributed by atoms with van der Waals surface area (Å²) < 4.78 is 10.9. The van der Waals surface area contributed by atoms with Gasteiger partial charge in [-0.15, -0.1) is 11.3 Å². The highest BCUT2D eigenvalue weighted by molar-refractivity contribution is 7.13. The van der Waals surface area contributed by atoms with Gasteiger partial charge in [-0.2, -0.15) is 5.10 Å². The van der Waals surface area contributed by atoms with Gasteiger partial charge >= 0.3 is 5.97 Å². The van der Waals surface area contributed by atoms with E-state index in [2.05, 4.69) is 15.5 Å². The number of anilines is 1. The van der Waals surface area contributed by atoms with Gasteiger partial charge < -0.3 is 14.6 Å². The van der Waals surface area contributed by atoms with Crippen LogP contribution in [0.3, 0.4) is 0 Å². The SMILES string of the molecule is CCOc1cc(C=NNc2nc(C)cs2)cc(Cl)c1OC(C)C(=O)O. The number of carboxylic acids is 1. The summed E-state index contributed by atoms with van der Waals surface area (Å²) in [6, 6.07) is 3.30. The molecule has 9 heteroatoms. The van der Waals surface area contributed by atoms with Gasteiger partial charge in [-0.3, -0.25) is 5.43 Å². The van der Waals surface area contributed by atoms with Crippen molar-refractivity contribution in [2.24, 2.45) is 5.10 Å². The van der Waals surface area contributed by atoms with E-state index in [0.29, 0.717) is 23.1 Å². The quantitative estimate of drug-likeness (QED) is 0.532. The van der Waals surface area contributed by atoms with Crippen LogP contribution >= 0.6 is 22.9 Å². The molecule has 0 radical (unpaired) electrons. The van der Waals surface area contributed by atoms with E-state index in [9.17, 15) is 4.79 Å². The Hall–Kier alpha value is -2.32. The Bertz CT molecular complexity index is 779. The molecule has 0 saturated heterocycles. The van der Waals surface area contributed by atoms with Gasteiger partial charge in [-0.25, -0.2) is 9.78 Å². The molecule has 2 rings (SSSR count). The zero-order chi connectivity index (χ0) is 18.4. The maximum atomic E-state index is 11.0. The first-order chi connectivity index (χ1) is 11.9. The molecule has 2 N–H and O–H groups in total. The summed E-state index contributed by atoms with van der Waals surface area (Å²) in [7, 11) is 0. The molecule has 1 unspecified atom stereocenters. The molecule has 0 aliphatic heterocycles. The minimum Gasteiger partial charge on any atom is -0.490 e. The number of hydrogen-bond acceptors (Lipinski definition) is 7. The molecule has 0 saturated carbocycles. The summed E-state index contributed by atoms with van der Waals surface area (Å²) in [5.74, 6) is -0.541. The maximum absolute atomic E-state index is 11.0. The minimum atomic E-state index is -1.09. The molecule has 1 heterocycles. The largest absolute Gasteiger partial charge is 0.490 e. The lowest BCUT2D eigenvalue weighted by atomic mass is 10.2. The van der Waals surface area contributed by atoms with Crippen LogP contribution in [-0.4, -0.2) is 35.0 Å². The van der Waals surface area contributed by atoms with E-state index in [1.807, 2.05) is 19.2 Å². The van der Waals surface area contributed by atoms with E-state index in [-0.39, 0.29) is 10.8 Å². The Morgan fingerprint density at radius 3 is 2.92 bits per heavy atom. The average Bonchev–Trinajstić information content (AvgIpc) is 2.96. The van der Waals surface area contributed by atoms with E-state index < -0.39 is 12.1 Å². The third-order valence-electron chi connectivity index (χ3n) is 2.97. The predicted octanol–water partition coefficient (Wildman–Crippen LogP) is 3.80. The highest BCUT2D eigenvalue weighted by atomic mass is 35.5. The molecular formula is C16H18ClN3O4S. The van der Waals surface area contributed by atoms with Crippen LogP contribution in [-0.2, 0) is 4.79 Å². The molecule has 1 aromatic heterocycles. The van der Waals surface area contributed by atoms with Gasteiger partial charge in [0.1, 0.15) is 0 Å². The lowest BCUT2D eigenvalue weighted by Crippen LogP contribution is -2.23. The number of carbonyl (C=O) groups is 1. The summed E-state index contributed by atoms with van der Waals surface area (Å²) in [6.07, 6.45) is 0.515. The van der Waals surface area contributed by atoms with Gasteiger partial charge in [0.25, 0.3) is 0 Å². The van der Waals surface area contributed by atoms with Crippen LogP contribution in [0.15, 0.2) is 22.6 Å². The standard InChI is InChI=1S/C16H18ClN3O4S/c1-4-23-13-6-11(7-18-20-16-19-9(2)8-25-16)5-12(17)14(13)24-10(3)15(21)22/h5-8,10H,4H2,1-3H3,(H,19,20)(H,21,22). The third kappa shape index (κ3) is 5.33. The average molecular weight is 384 g/mol. The number of carboxylic acid groups (broad SMARTS) is 1. The summed E-state index contributed by atoms with van der Waals surface area (Å²) in [5.41, 5.74) is 4.42. The van der Waals surface area contributed by atoms with Gasteiger partial charge in [0, 0.05) is 5.38 Å². The number of benzene rings is 1. The molecule has 0 aliphatic rings. The van der Waals surface area contributed by atoms with Crippen molar-refractivity contribution in [2.75, 3.05) is 12.0 Å². The molecule has 0 spiro atoms. The number of hydrogen-bond donors (Lipinski definition) is 2. The van der Waals surface area contributed by atoms with Crippen molar-refractivity contribution < 1.29 is 19.4 Å². The molecule has 0 fully saturated rings. The Kier molecular flexibility index (Phi) is 6.60. The van der Waals surface area contributed by atoms with Crippen LogP contribution in [0.5, 0.6) is 11.5 Å². The van der Waals surface area contributed by atoms with E-state index in [1.165, 1.54) is 18.3 Å². The highest BCUT2D eigenvalue weighted by Crippen LogP contribution is 2.37. The third-order valence-corrected chi connectivity index (χ3v) is 4.11. The van der Waals surface area contributed by atoms with Crippen LogP contribution in [0.1, 0.15) is 25.1 Å². The first-order valence-corrected chi connectivity index (χ1v) is 8.73. The first kappa shape index (κ1) is 19.0. The summed E-state index contributed by atoms with van der Waals surface area (Å²) >= 11 is 7.68. The maximum Gasteiger partial charge on any atom is 0.344 e. The van der Waals surface area contributed by atoms with Gasteiger partial charge in [-0.1, -0.05) is 11.6 Å². The zero-order valence-corrected chi connectivity index (χ0v) is 15.5. The topological polar surface area (TPSA) is 93.0 Å². The second kappa shape index (κ2) is 8.68. The van der Waals surface area contributed by atoms with Crippen LogP contribution in [0.4, 0.5) is 5.13 Å². The fourth-order valence-electron chi connectivity index (χ4n) is 1.83. The molecule has 1 atom stereocenters. The van der Waals surface area contributed by atoms with Crippen LogP contribution in [0.25, 0.3) is 0 Å². The normalized spacial score (nSPS) is 12.2. The molecular weight excluding hydrogens is 366 g/mol. The Morgan fingerprint density at radius 1 is 1.56 bits per heavy atom. The lowest BCUT2D eigenvalue weighted by Gasteiger charge is -2.16. The van der Waals surface area contributed by atoms with Crippen LogP contribution in [0, 0.1) is 6.92 Å². The number of halogens is 1. The van der Waals surface area contributed by atoms with Crippen molar-refractivity contribution in [3.05, 3.63) is 33.8 Å². The molecule has 0 bridgehead atoms. The monoisotopic (exact) mass is 383 g/mol. The van der Waals surface area contributed by atoms with Crippen LogP contribution < -0.4 is 14.9 Å². The molecule has 134 valence electrons. The second-order valence-electron chi connectivity index (χ2n) is 5.03. The number of ether oxygens (including phenoxy) is 2. The summed E-state index contributed by atoms with van der Waals surface area (Å²) in [5, 5.41) is 15.9. The number of rotatable bonds is 8. The van der Waals surface area contributed by atoms with Crippen molar-refractivity contribution in [1.29, 1.82) is 0 Å². The van der Waals surface area contributed by atoms with Gasteiger partial charge in [0.2, 0.25) is 5.13 Å². The summed E-state index contributed by atoms with van der Waals surface area (Å²) in [4.78, 5) is 15.2. The van der Waals surface area contributed by atoms with Gasteiger partial charge in [0.15, 0.2) is 17.6 Å². The molecule has 2 aromatic rings. The highest BCUT2D eigenvalue weighted by Gasteiger charge is 2.19. The number of aromatic nitrogens is 1. The predicted molar refractivity (Wildman–Crippen MR) is 98.4 cm³/mol. The van der Waals surface area contributed by atoms with E-state index in [1.54, 1.807) is 18.3 Å². The van der Waals surface area contributed by atoms with Crippen molar-refractivity contribution in [1.82, 2.24) is 4.98 Å². The minimum absolute atomic E-state index is 0.194. The number of aryl methyl sites for hydroxylation is 1. The Morgan fingerprint density at radius 2 is 2.32 bits per heavy atom. The first-order valence-electron chi connectivity index (χ1n) is 7.47. The second-order valence-corrected chi connectivity index (χ2v) is 6.29. The van der Waals surface area contributed by atoms with Gasteiger partial charge in [0.05, 0.1) is 23.5 Å². The number of thiazole rings is 1. The van der Waals surface area contributed by atoms with Gasteiger partial charge in [-0.05, 0) is 38.5 Å². The smallest absolute Gasteiger partial charge is 0.344 e. The number of aliphatic carboxylic acids is 1. The molecule has 1 aromatic carbocycles. The van der Waals surface area contributed by atoms with Crippen LogP contribution in [0.2, 0.25) is 5.02 Å². The number of nitrogens with zero attached hydrogens (tertiary/aromatic N) is 2. The van der Waals surface area contributed by atoms with Crippen molar-refractivity contribution in [3.63, 3.8) is 0 Å². The van der Waals surface area contributed by atoms with Crippen molar-refractivity contribution >= 4 is 40.3 Å². The molecule has 0 amide bonds. The van der Waals surface area contributed by atoms with E-state index >= 15 is 0 Å². The molecule has 7 nitrogen and oxygen atoms in total. The molecule has 0 aliphatic carbocycles.